The average molecular weight is 249 g/mol. The number of carboxylic acids is 1. The Hall–Kier alpha value is -1.71. The summed E-state index contributed by atoms with van der Waals surface area (Å²) in [4.78, 5) is 12.7. The van der Waals surface area contributed by atoms with Crippen molar-refractivity contribution in [2.45, 2.75) is 38.6 Å². The molecule has 0 amide bonds. The zero-order valence-corrected chi connectivity index (χ0v) is 10.6. The molecule has 98 valence electrons. The van der Waals surface area contributed by atoms with Crippen LogP contribution in [0.15, 0.2) is 22.6 Å². The summed E-state index contributed by atoms with van der Waals surface area (Å²) in [6, 6.07) is 4.28. The fourth-order valence-electron chi connectivity index (χ4n) is 2.45. The lowest BCUT2D eigenvalue weighted by atomic mass is 10.0. The maximum Gasteiger partial charge on any atom is 0.328 e. The Bertz CT molecular complexity index is 436. The van der Waals surface area contributed by atoms with Gasteiger partial charge in [-0.2, -0.15) is 0 Å². The van der Waals surface area contributed by atoms with Gasteiger partial charge < -0.3 is 14.4 Å². The summed E-state index contributed by atoms with van der Waals surface area (Å²) in [6.45, 7) is 3.21. The molecule has 1 fully saturated rings. The van der Waals surface area contributed by atoms with Crippen LogP contribution < -0.4 is 4.90 Å². The third-order valence-electron chi connectivity index (χ3n) is 3.38. The van der Waals surface area contributed by atoms with Crippen molar-refractivity contribution in [1.29, 1.82) is 0 Å². The number of rotatable bonds is 4. The highest BCUT2D eigenvalue weighted by Gasteiger charge is 2.23. The number of hydrogen-bond donors (Lipinski definition) is 1. The number of carboxylic acid groups (broad SMARTS) is 1. The van der Waals surface area contributed by atoms with E-state index in [0.717, 1.165) is 24.9 Å². The molecule has 18 heavy (non-hydrogen) atoms. The van der Waals surface area contributed by atoms with Crippen LogP contribution in [0.5, 0.6) is 0 Å². The van der Waals surface area contributed by atoms with Gasteiger partial charge in [-0.05, 0) is 37.8 Å². The molecule has 1 atom stereocenters. The Balaban J connectivity index is 2.10. The van der Waals surface area contributed by atoms with Crippen LogP contribution in [0, 0.1) is 0 Å². The fourth-order valence-corrected chi connectivity index (χ4v) is 2.45. The first kappa shape index (κ1) is 12.7. The van der Waals surface area contributed by atoms with Gasteiger partial charge in [0.1, 0.15) is 5.76 Å². The van der Waals surface area contributed by atoms with E-state index < -0.39 is 5.97 Å². The molecule has 0 radical (unpaired) electrons. The highest BCUT2D eigenvalue weighted by atomic mass is 16.4. The van der Waals surface area contributed by atoms with E-state index in [0.29, 0.717) is 11.8 Å². The van der Waals surface area contributed by atoms with Crippen LogP contribution >= 0.6 is 0 Å². The van der Waals surface area contributed by atoms with E-state index in [4.69, 9.17) is 9.52 Å². The summed E-state index contributed by atoms with van der Waals surface area (Å²) in [7, 11) is 0. The number of anilines is 1. The number of carbonyl (C=O) groups is 1. The number of piperidine rings is 1. The van der Waals surface area contributed by atoms with Gasteiger partial charge in [0.2, 0.25) is 0 Å². The maximum absolute atomic E-state index is 10.4. The number of furan rings is 1. The van der Waals surface area contributed by atoms with Crippen LogP contribution in [0.25, 0.3) is 6.08 Å². The van der Waals surface area contributed by atoms with Gasteiger partial charge in [0.05, 0.1) is 0 Å². The molecule has 4 heteroatoms. The van der Waals surface area contributed by atoms with Gasteiger partial charge in [0.15, 0.2) is 5.88 Å². The standard InChI is InChI=1S/C14H19NO3/c1-2-11-5-3-4-10-15(11)13-8-6-12(18-13)7-9-14(16)17/h6-9,11H,2-5,10H2,1H3,(H,16,17)/b9-7+. The summed E-state index contributed by atoms with van der Waals surface area (Å²) in [5.41, 5.74) is 0. The van der Waals surface area contributed by atoms with Crippen molar-refractivity contribution in [3.05, 3.63) is 24.0 Å². The summed E-state index contributed by atoms with van der Waals surface area (Å²) >= 11 is 0. The van der Waals surface area contributed by atoms with Gasteiger partial charge in [-0.3, -0.25) is 0 Å². The van der Waals surface area contributed by atoms with Crippen LogP contribution in [-0.4, -0.2) is 23.7 Å². The third kappa shape index (κ3) is 2.94. The van der Waals surface area contributed by atoms with Gasteiger partial charge in [-0.25, -0.2) is 4.79 Å². The molecule has 0 bridgehead atoms. The van der Waals surface area contributed by atoms with Crippen LogP contribution in [-0.2, 0) is 4.79 Å². The second-order valence-electron chi connectivity index (χ2n) is 4.60. The zero-order valence-electron chi connectivity index (χ0n) is 10.6. The molecule has 4 nitrogen and oxygen atoms in total. The lowest BCUT2D eigenvalue weighted by Gasteiger charge is -2.34. The van der Waals surface area contributed by atoms with Gasteiger partial charge >= 0.3 is 5.97 Å². The maximum atomic E-state index is 10.4. The van der Waals surface area contributed by atoms with Crippen LogP contribution in [0.3, 0.4) is 0 Å². The first-order valence-electron chi connectivity index (χ1n) is 6.48. The molecule has 1 unspecified atom stereocenters. The number of nitrogens with zero attached hydrogens (tertiary/aromatic N) is 1. The normalized spacial score (nSPS) is 20.5. The quantitative estimate of drug-likeness (QED) is 0.833. The summed E-state index contributed by atoms with van der Waals surface area (Å²) in [6.07, 6.45) is 7.37. The van der Waals surface area contributed by atoms with E-state index in [2.05, 4.69) is 11.8 Å². The smallest absolute Gasteiger partial charge is 0.328 e. The van der Waals surface area contributed by atoms with E-state index in [9.17, 15) is 4.79 Å². The molecule has 1 aliphatic heterocycles. The Morgan fingerprint density at radius 1 is 1.56 bits per heavy atom. The molecule has 0 aromatic carbocycles. The second-order valence-corrected chi connectivity index (χ2v) is 4.60. The minimum absolute atomic E-state index is 0.543. The van der Waals surface area contributed by atoms with Crippen LogP contribution in [0.1, 0.15) is 38.4 Å². The summed E-state index contributed by atoms with van der Waals surface area (Å²) in [5, 5.41) is 8.57. The van der Waals surface area contributed by atoms with Crippen molar-refractivity contribution in [3.63, 3.8) is 0 Å². The highest BCUT2D eigenvalue weighted by molar-refractivity contribution is 5.84. The molecule has 2 heterocycles. The molecule has 1 N–H and O–H groups in total. The van der Waals surface area contributed by atoms with Gasteiger partial charge in [0.25, 0.3) is 0 Å². The Morgan fingerprint density at radius 2 is 2.39 bits per heavy atom. The van der Waals surface area contributed by atoms with Crippen molar-refractivity contribution >= 4 is 17.9 Å². The lowest BCUT2D eigenvalue weighted by molar-refractivity contribution is -0.131. The summed E-state index contributed by atoms with van der Waals surface area (Å²) < 4.78 is 5.68. The van der Waals surface area contributed by atoms with E-state index in [-0.39, 0.29) is 0 Å². The van der Waals surface area contributed by atoms with E-state index >= 15 is 0 Å². The topological polar surface area (TPSA) is 53.7 Å². The van der Waals surface area contributed by atoms with Gasteiger partial charge in [-0.15, -0.1) is 0 Å². The Morgan fingerprint density at radius 3 is 3.11 bits per heavy atom. The Kier molecular flexibility index (Phi) is 4.07. The van der Waals surface area contributed by atoms with Crippen molar-refractivity contribution in [1.82, 2.24) is 0 Å². The van der Waals surface area contributed by atoms with Gasteiger partial charge in [0, 0.05) is 24.7 Å². The molecule has 0 saturated carbocycles. The largest absolute Gasteiger partial charge is 0.478 e. The average Bonchev–Trinajstić information content (AvgIpc) is 2.85. The van der Waals surface area contributed by atoms with Gasteiger partial charge in [-0.1, -0.05) is 6.92 Å². The third-order valence-corrected chi connectivity index (χ3v) is 3.38. The van der Waals surface area contributed by atoms with Crippen molar-refractivity contribution in [2.75, 3.05) is 11.4 Å². The molecule has 1 aromatic heterocycles. The van der Waals surface area contributed by atoms with Crippen LogP contribution in [0.2, 0.25) is 0 Å². The highest BCUT2D eigenvalue weighted by Crippen LogP contribution is 2.28. The first-order chi connectivity index (χ1) is 8.70. The molecule has 1 aliphatic rings. The molecule has 1 aromatic rings. The zero-order chi connectivity index (χ0) is 13.0. The van der Waals surface area contributed by atoms with Crippen molar-refractivity contribution < 1.29 is 14.3 Å². The second kappa shape index (κ2) is 5.76. The lowest BCUT2D eigenvalue weighted by Crippen LogP contribution is -2.38. The predicted molar refractivity (Wildman–Crippen MR) is 70.7 cm³/mol. The summed E-state index contributed by atoms with van der Waals surface area (Å²) in [5.74, 6) is 0.483. The minimum atomic E-state index is -0.961. The van der Waals surface area contributed by atoms with Crippen molar-refractivity contribution in [2.24, 2.45) is 0 Å². The predicted octanol–water partition coefficient (Wildman–Crippen LogP) is 3.15. The first-order valence-corrected chi connectivity index (χ1v) is 6.48. The molecular weight excluding hydrogens is 230 g/mol. The molecule has 1 saturated heterocycles. The molecular formula is C14H19NO3. The van der Waals surface area contributed by atoms with E-state index in [1.165, 1.54) is 25.3 Å². The molecule has 0 spiro atoms. The van der Waals surface area contributed by atoms with Crippen molar-refractivity contribution in [3.8, 4) is 0 Å². The number of hydrogen-bond acceptors (Lipinski definition) is 3. The minimum Gasteiger partial charge on any atom is -0.478 e. The van der Waals surface area contributed by atoms with E-state index in [1.807, 2.05) is 12.1 Å². The van der Waals surface area contributed by atoms with E-state index in [1.54, 1.807) is 0 Å². The number of aliphatic carboxylic acids is 1. The monoisotopic (exact) mass is 249 g/mol. The molecule has 2 rings (SSSR count). The fraction of sp³-hybridized carbons (Fsp3) is 0.500. The van der Waals surface area contributed by atoms with Crippen LogP contribution in [0.4, 0.5) is 5.88 Å². The SMILES string of the molecule is CCC1CCCCN1c1ccc(/C=C/C(=O)O)o1. The Labute approximate surface area is 107 Å². The molecule has 0 aliphatic carbocycles.